The zero-order valence-corrected chi connectivity index (χ0v) is 26.6. The highest BCUT2D eigenvalue weighted by atomic mass is 15.1. The fraction of sp³-hybridized carbons (Fsp3) is 0.0667. The molecule has 0 spiro atoms. The summed E-state index contributed by atoms with van der Waals surface area (Å²) in [6.45, 7) is 4.73. The molecule has 0 N–H and O–H groups in total. The van der Waals surface area contributed by atoms with Crippen molar-refractivity contribution in [1.29, 1.82) is 0 Å². The van der Waals surface area contributed by atoms with Crippen LogP contribution in [0.1, 0.15) is 25.0 Å². The van der Waals surface area contributed by atoms with Crippen LogP contribution >= 0.6 is 0 Å². The van der Waals surface area contributed by atoms with Crippen LogP contribution in [-0.4, -0.2) is 4.57 Å². The van der Waals surface area contributed by atoms with Crippen LogP contribution in [-0.2, 0) is 5.41 Å². The van der Waals surface area contributed by atoms with Gasteiger partial charge in [-0.2, -0.15) is 0 Å². The minimum absolute atomic E-state index is 0.140. The normalized spacial score (nSPS) is 13.1. The van der Waals surface area contributed by atoms with Gasteiger partial charge in [0, 0.05) is 38.9 Å². The Morgan fingerprint density at radius 1 is 0.447 bits per heavy atom. The Labute approximate surface area is 275 Å². The third kappa shape index (κ3) is 4.26. The molecule has 0 fully saturated rings. The molecule has 1 aliphatic rings. The van der Waals surface area contributed by atoms with Gasteiger partial charge in [-0.25, -0.2) is 0 Å². The summed E-state index contributed by atoms with van der Waals surface area (Å²) in [6.07, 6.45) is 0. The van der Waals surface area contributed by atoms with Crippen molar-refractivity contribution in [2.75, 3.05) is 4.90 Å². The molecule has 0 radical (unpaired) electrons. The Kier molecular flexibility index (Phi) is 6.20. The highest BCUT2D eigenvalue weighted by Gasteiger charge is 2.37. The molecule has 0 aliphatic heterocycles. The summed E-state index contributed by atoms with van der Waals surface area (Å²) in [5.74, 6) is 0. The van der Waals surface area contributed by atoms with Crippen LogP contribution in [0.3, 0.4) is 0 Å². The first-order valence-corrected chi connectivity index (χ1v) is 16.4. The summed E-state index contributed by atoms with van der Waals surface area (Å²) in [5, 5.41) is 2.56. The van der Waals surface area contributed by atoms with Crippen molar-refractivity contribution >= 4 is 38.9 Å². The van der Waals surface area contributed by atoms with Crippen LogP contribution in [0, 0.1) is 0 Å². The van der Waals surface area contributed by atoms with Crippen molar-refractivity contribution in [3.05, 3.63) is 181 Å². The molecule has 1 aliphatic carbocycles. The van der Waals surface area contributed by atoms with E-state index in [9.17, 15) is 0 Å². The van der Waals surface area contributed by atoms with Crippen LogP contribution < -0.4 is 4.90 Å². The molecule has 0 saturated heterocycles. The van der Waals surface area contributed by atoms with Gasteiger partial charge in [0.05, 0.1) is 11.0 Å². The molecule has 0 atom stereocenters. The van der Waals surface area contributed by atoms with E-state index in [1.807, 2.05) is 0 Å². The molecular weight excluding hydrogens is 569 g/mol. The topological polar surface area (TPSA) is 8.17 Å². The van der Waals surface area contributed by atoms with E-state index >= 15 is 0 Å². The summed E-state index contributed by atoms with van der Waals surface area (Å²) in [5.41, 5.74) is 14.9. The monoisotopic (exact) mass is 602 g/mol. The molecule has 0 bridgehead atoms. The molecule has 0 unspecified atom stereocenters. The lowest BCUT2D eigenvalue weighted by atomic mass is 9.81. The van der Waals surface area contributed by atoms with Crippen molar-refractivity contribution in [2.24, 2.45) is 0 Å². The van der Waals surface area contributed by atoms with E-state index in [1.165, 1.54) is 66.6 Å². The fourth-order valence-corrected chi connectivity index (χ4v) is 7.75. The highest BCUT2D eigenvalue weighted by molar-refractivity contribution is 6.09. The molecule has 2 nitrogen and oxygen atoms in total. The molecule has 0 amide bonds. The molecule has 9 rings (SSSR count). The second-order valence-corrected chi connectivity index (χ2v) is 13.0. The predicted octanol–water partition coefficient (Wildman–Crippen LogP) is 12.2. The van der Waals surface area contributed by atoms with Gasteiger partial charge < -0.3 is 9.47 Å². The molecule has 2 heteroatoms. The minimum atomic E-state index is -0.140. The summed E-state index contributed by atoms with van der Waals surface area (Å²) >= 11 is 0. The van der Waals surface area contributed by atoms with E-state index in [4.69, 9.17) is 0 Å². The second kappa shape index (κ2) is 10.6. The van der Waals surface area contributed by atoms with Crippen molar-refractivity contribution in [2.45, 2.75) is 19.3 Å². The number of benzene rings is 7. The van der Waals surface area contributed by atoms with Gasteiger partial charge >= 0.3 is 0 Å². The maximum atomic E-state index is 2.41. The zero-order chi connectivity index (χ0) is 31.5. The SMILES string of the molecule is CC1(C)c2cc(N(c3ccccc3)c3ccccc3)ccc2-c2c(-c3ccc(-n4c5ccccc5c5ccccc54)cc3)cccc21. The Morgan fingerprint density at radius 2 is 1.02 bits per heavy atom. The van der Waals surface area contributed by atoms with Crippen molar-refractivity contribution in [3.63, 3.8) is 0 Å². The summed E-state index contributed by atoms with van der Waals surface area (Å²) < 4.78 is 2.38. The lowest BCUT2D eigenvalue weighted by Gasteiger charge is -2.28. The van der Waals surface area contributed by atoms with E-state index in [2.05, 4.69) is 193 Å². The smallest absolute Gasteiger partial charge is 0.0541 e. The predicted molar refractivity (Wildman–Crippen MR) is 198 cm³/mol. The molecule has 224 valence electrons. The largest absolute Gasteiger partial charge is 0.310 e. The number of fused-ring (bicyclic) bond motifs is 6. The molecule has 8 aromatic rings. The van der Waals surface area contributed by atoms with Crippen molar-refractivity contribution < 1.29 is 0 Å². The van der Waals surface area contributed by atoms with E-state index in [-0.39, 0.29) is 5.41 Å². The maximum absolute atomic E-state index is 2.41. The molecular formula is C45H34N2. The lowest BCUT2D eigenvalue weighted by molar-refractivity contribution is 0.660. The van der Waals surface area contributed by atoms with Gasteiger partial charge in [-0.15, -0.1) is 0 Å². The van der Waals surface area contributed by atoms with Crippen molar-refractivity contribution in [1.82, 2.24) is 4.57 Å². The van der Waals surface area contributed by atoms with Gasteiger partial charge in [0.2, 0.25) is 0 Å². The highest BCUT2D eigenvalue weighted by Crippen LogP contribution is 2.53. The first-order chi connectivity index (χ1) is 23.1. The average Bonchev–Trinajstić information content (AvgIpc) is 3.58. The van der Waals surface area contributed by atoms with Gasteiger partial charge in [0.15, 0.2) is 0 Å². The summed E-state index contributed by atoms with van der Waals surface area (Å²) in [4.78, 5) is 2.35. The van der Waals surface area contributed by atoms with Gasteiger partial charge in [0.1, 0.15) is 0 Å². The Balaban J connectivity index is 1.16. The maximum Gasteiger partial charge on any atom is 0.0541 e. The number of para-hydroxylation sites is 4. The average molecular weight is 603 g/mol. The summed E-state index contributed by atoms with van der Waals surface area (Å²) in [7, 11) is 0. The first-order valence-electron chi connectivity index (χ1n) is 16.4. The lowest BCUT2D eigenvalue weighted by Crippen LogP contribution is -2.16. The van der Waals surface area contributed by atoms with E-state index in [0.717, 1.165) is 11.4 Å². The molecule has 0 saturated carbocycles. The third-order valence-electron chi connectivity index (χ3n) is 9.99. The minimum Gasteiger partial charge on any atom is -0.310 e. The Bertz CT molecular complexity index is 2320. The molecule has 7 aromatic carbocycles. The standard InChI is InChI=1S/C45H34N2/c1-45(2)40-21-13-20-36(31-24-26-34(27-25-31)47-42-22-11-9-18-37(42)38-19-10-12-23-43(38)47)44(40)39-29-28-35(30-41(39)45)46(32-14-5-3-6-15-32)33-16-7-4-8-17-33/h3-30H,1-2H3. The second-order valence-electron chi connectivity index (χ2n) is 13.0. The number of hydrogen-bond acceptors (Lipinski definition) is 1. The van der Waals surface area contributed by atoms with Crippen LogP contribution in [0.5, 0.6) is 0 Å². The van der Waals surface area contributed by atoms with E-state index < -0.39 is 0 Å². The number of aromatic nitrogens is 1. The molecule has 1 heterocycles. The van der Waals surface area contributed by atoms with E-state index in [0.29, 0.717) is 0 Å². The third-order valence-corrected chi connectivity index (χ3v) is 9.99. The van der Waals surface area contributed by atoms with Gasteiger partial charge in [-0.1, -0.05) is 123 Å². The number of hydrogen-bond donors (Lipinski definition) is 0. The number of anilines is 3. The number of nitrogens with zero attached hydrogens (tertiary/aromatic N) is 2. The molecule has 47 heavy (non-hydrogen) atoms. The quantitative estimate of drug-likeness (QED) is 0.190. The summed E-state index contributed by atoms with van der Waals surface area (Å²) in [6, 6.07) is 61.7. The Hall–Kier alpha value is -5.86. The van der Waals surface area contributed by atoms with Crippen molar-refractivity contribution in [3.8, 4) is 27.9 Å². The zero-order valence-electron chi connectivity index (χ0n) is 26.6. The first kappa shape index (κ1) is 27.5. The van der Waals surface area contributed by atoms with E-state index in [1.54, 1.807) is 0 Å². The van der Waals surface area contributed by atoms with Gasteiger partial charge in [-0.05, 0) is 94.0 Å². The molecule has 1 aromatic heterocycles. The fourth-order valence-electron chi connectivity index (χ4n) is 7.75. The van der Waals surface area contributed by atoms with Crippen LogP contribution in [0.4, 0.5) is 17.1 Å². The van der Waals surface area contributed by atoms with Crippen LogP contribution in [0.25, 0.3) is 49.7 Å². The van der Waals surface area contributed by atoms with Gasteiger partial charge in [0.25, 0.3) is 0 Å². The Morgan fingerprint density at radius 3 is 1.64 bits per heavy atom. The van der Waals surface area contributed by atoms with Gasteiger partial charge in [-0.3, -0.25) is 0 Å². The number of rotatable bonds is 5. The van der Waals surface area contributed by atoms with Crippen LogP contribution in [0.2, 0.25) is 0 Å². The van der Waals surface area contributed by atoms with Crippen LogP contribution in [0.15, 0.2) is 170 Å².